The van der Waals surface area contributed by atoms with E-state index in [1.54, 1.807) is 29.2 Å². The lowest BCUT2D eigenvalue weighted by molar-refractivity contribution is -0.117. The topological polar surface area (TPSA) is 66.6 Å². The van der Waals surface area contributed by atoms with Crippen molar-refractivity contribution in [2.75, 3.05) is 17.2 Å². The van der Waals surface area contributed by atoms with E-state index >= 15 is 0 Å². The van der Waals surface area contributed by atoms with Gasteiger partial charge in [-0.1, -0.05) is 0 Å². The molecule has 3 N–H and O–H groups in total. The lowest BCUT2D eigenvalue weighted by Crippen LogP contribution is -2.25. The van der Waals surface area contributed by atoms with Crippen molar-refractivity contribution in [1.82, 2.24) is 0 Å². The number of nitrogens with two attached hydrogens (primary N) is 1. The highest BCUT2D eigenvalue weighted by molar-refractivity contribution is 5.96. The summed E-state index contributed by atoms with van der Waals surface area (Å²) < 4.78 is 0. The third-order valence-electron chi connectivity index (χ3n) is 2.31. The number of hydrogen-bond donors (Lipinski definition) is 2. The van der Waals surface area contributed by atoms with Crippen LogP contribution in [0.2, 0.25) is 0 Å². The Labute approximate surface area is 81.9 Å². The van der Waals surface area contributed by atoms with E-state index in [0.29, 0.717) is 12.2 Å². The van der Waals surface area contributed by atoms with Gasteiger partial charge in [0, 0.05) is 11.4 Å². The Morgan fingerprint density at radius 1 is 1.36 bits per heavy atom. The lowest BCUT2D eigenvalue weighted by Gasteiger charge is -2.15. The summed E-state index contributed by atoms with van der Waals surface area (Å²) in [6.45, 7) is 0.378. The van der Waals surface area contributed by atoms with Gasteiger partial charge in [-0.3, -0.25) is 4.79 Å². The fourth-order valence-corrected chi connectivity index (χ4v) is 1.59. The lowest BCUT2D eigenvalue weighted by atomic mass is 10.2. The first kappa shape index (κ1) is 9.02. The molecule has 4 nitrogen and oxygen atoms in total. The molecule has 1 aliphatic rings. The Kier molecular flexibility index (Phi) is 2.13. The normalized spacial score (nSPS) is 21.6. The Bertz CT molecular complexity index is 348. The van der Waals surface area contributed by atoms with Crippen molar-refractivity contribution in [3.05, 3.63) is 24.3 Å². The number of hydrogen-bond acceptors (Lipinski definition) is 3. The average molecular weight is 192 g/mol. The number of nitrogen functional groups attached to an aromatic ring is 1. The molecule has 0 aromatic heterocycles. The van der Waals surface area contributed by atoms with Gasteiger partial charge >= 0.3 is 0 Å². The fraction of sp³-hybridized carbons (Fsp3) is 0.300. The molecule has 1 fully saturated rings. The number of nitrogens with zero attached hydrogens (tertiary/aromatic N) is 1. The van der Waals surface area contributed by atoms with Crippen molar-refractivity contribution in [2.24, 2.45) is 0 Å². The highest BCUT2D eigenvalue weighted by Gasteiger charge is 2.28. The van der Waals surface area contributed by atoms with Gasteiger partial charge in [0.15, 0.2) is 0 Å². The second-order valence-corrected chi connectivity index (χ2v) is 3.45. The first-order chi connectivity index (χ1) is 6.66. The number of carbonyl (C=O) groups is 1. The standard InChI is InChI=1S/C10H12N2O2/c11-7-1-3-8(4-2-7)12-6-9(13)5-10(12)14/h1-4,9,13H,5-6,11H2. The number of rotatable bonds is 1. The van der Waals surface area contributed by atoms with Crippen molar-refractivity contribution in [2.45, 2.75) is 12.5 Å². The molecule has 0 saturated carbocycles. The molecular weight excluding hydrogens is 180 g/mol. The first-order valence-electron chi connectivity index (χ1n) is 4.51. The summed E-state index contributed by atoms with van der Waals surface area (Å²) in [6, 6.07) is 7.05. The molecule has 14 heavy (non-hydrogen) atoms. The Morgan fingerprint density at radius 3 is 2.50 bits per heavy atom. The van der Waals surface area contributed by atoms with E-state index in [0.717, 1.165) is 5.69 Å². The van der Waals surface area contributed by atoms with Crippen LogP contribution >= 0.6 is 0 Å². The molecule has 0 aliphatic carbocycles. The van der Waals surface area contributed by atoms with Gasteiger partial charge in [0.05, 0.1) is 19.1 Å². The summed E-state index contributed by atoms with van der Waals surface area (Å²) in [5, 5.41) is 9.30. The molecule has 1 aromatic rings. The van der Waals surface area contributed by atoms with Gasteiger partial charge in [0.1, 0.15) is 0 Å². The quantitative estimate of drug-likeness (QED) is 0.631. The van der Waals surface area contributed by atoms with Crippen molar-refractivity contribution in [3.63, 3.8) is 0 Å². The second-order valence-electron chi connectivity index (χ2n) is 3.45. The minimum absolute atomic E-state index is 0.0396. The van der Waals surface area contributed by atoms with Gasteiger partial charge < -0.3 is 15.7 Å². The van der Waals surface area contributed by atoms with Crippen LogP contribution in [0, 0.1) is 0 Å². The van der Waals surface area contributed by atoms with Crippen LogP contribution in [0.3, 0.4) is 0 Å². The number of benzene rings is 1. The molecule has 1 atom stereocenters. The summed E-state index contributed by atoms with van der Waals surface area (Å²) >= 11 is 0. The van der Waals surface area contributed by atoms with Crippen LogP contribution in [0.25, 0.3) is 0 Å². The van der Waals surface area contributed by atoms with Crippen molar-refractivity contribution in [3.8, 4) is 0 Å². The summed E-state index contributed by atoms with van der Waals surface area (Å²) in [6.07, 6.45) is -0.329. The molecule has 0 bridgehead atoms. The molecule has 1 unspecified atom stereocenters. The number of amides is 1. The number of carbonyl (C=O) groups excluding carboxylic acids is 1. The van der Waals surface area contributed by atoms with Crippen molar-refractivity contribution < 1.29 is 9.90 Å². The first-order valence-corrected chi connectivity index (χ1v) is 4.51. The zero-order chi connectivity index (χ0) is 10.1. The molecule has 0 spiro atoms. The molecule has 1 amide bonds. The van der Waals surface area contributed by atoms with Crippen LogP contribution in [0.15, 0.2) is 24.3 Å². The summed E-state index contributed by atoms with van der Waals surface area (Å²) in [5.41, 5.74) is 6.99. The summed E-state index contributed by atoms with van der Waals surface area (Å²) in [7, 11) is 0. The van der Waals surface area contributed by atoms with Crippen molar-refractivity contribution >= 4 is 17.3 Å². The van der Waals surface area contributed by atoms with Crippen LogP contribution < -0.4 is 10.6 Å². The second kappa shape index (κ2) is 3.31. The van der Waals surface area contributed by atoms with Gasteiger partial charge in [0.25, 0.3) is 0 Å². The average Bonchev–Trinajstić information content (AvgIpc) is 2.47. The SMILES string of the molecule is Nc1ccc(N2CC(O)CC2=O)cc1. The van der Waals surface area contributed by atoms with E-state index in [-0.39, 0.29) is 12.3 Å². The Hall–Kier alpha value is -1.55. The Morgan fingerprint density at radius 2 is 2.00 bits per heavy atom. The fourth-order valence-electron chi connectivity index (χ4n) is 1.59. The van der Waals surface area contributed by atoms with Crippen LogP contribution in [0.5, 0.6) is 0 Å². The highest BCUT2D eigenvalue weighted by atomic mass is 16.3. The third kappa shape index (κ3) is 1.56. The van der Waals surface area contributed by atoms with Gasteiger partial charge in [0.2, 0.25) is 5.91 Å². The highest BCUT2D eigenvalue weighted by Crippen LogP contribution is 2.22. The molecule has 74 valence electrons. The van der Waals surface area contributed by atoms with E-state index in [4.69, 9.17) is 5.73 Å². The summed E-state index contributed by atoms with van der Waals surface area (Å²) in [5.74, 6) is -0.0396. The largest absolute Gasteiger partial charge is 0.399 e. The summed E-state index contributed by atoms with van der Waals surface area (Å²) in [4.78, 5) is 13.0. The smallest absolute Gasteiger partial charge is 0.229 e. The van der Waals surface area contributed by atoms with Gasteiger partial charge in [-0.25, -0.2) is 0 Å². The molecule has 0 radical (unpaired) electrons. The maximum atomic E-state index is 11.4. The number of anilines is 2. The van der Waals surface area contributed by atoms with E-state index in [9.17, 15) is 9.90 Å². The molecular formula is C10H12N2O2. The minimum Gasteiger partial charge on any atom is -0.399 e. The zero-order valence-corrected chi connectivity index (χ0v) is 7.68. The minimum atomic E-state index is -0.542. The molecule has 1 saturated heterocycles. The molecule has 1 heterocycles. The number of aliphatic hydroxyl groups excluding tert-OH is 1. The zero-order valence-electron chi connectivity index (χ0n) is 7.68. The van der Waals surface area contributed by atoms with Gasteiger partial charge in [-0.15, -0.1) is 0 Å². The third-order valence-corrected chi connectivity index (χ3v) is 2.31. The monoisotopic (exact) mass is 192 g/mol. The maximum Gasteiger partial charge on any atom is 0.229 e. The van der Waals surface area contributed by atoms with Gasteiger partial charge in [-0.2, -0.15) is 0 Å². The van der Waals surface area contributed by atoms with Crippen LogP contribution in [0.4, 0.5) is 11.4 Å². The van der Waals surface area contributed by atoms with E-state index < -0.39 is 6.10 Å². The molecule has 1 aliphatic heterocycles. The van der Waals surface area contributed by atoms with E-state index in [1.807, 2.05) is 0 Å². The molecule has 1 aromatic carbocycles. The van der Waals surface area contributed by atoms with Crippen LogP contribution in [-0.2, 0) is 4.79 Å². The van der Waals surface area contributed by atoms with Crippen LogP contribution in [-0.4, -0.2) is 23.7 Å². The van der Waals surface area contributed by atoms with Crippen molar-refractivity contribution in [1.29, 1.82) is 0 Å². The van der Waals surface area contributed by atoms with Gasteiger partial charge in [-0.05, 0) is 24.3 Å². The predicted octanol–water partition coefficient (Wildman–Crippen LogP) is 0.366. The number of aliphatic hydroxyl groups is 1. The molecule has 2 rings (SSSR count). The van der Waals surface area contributed by atoms with Crippen LogP contribution in [0.1, 0.15) is 6.42 Å². The Balaban J connectivity index is 2.23. The van der Waals surface area contributed by atoms with E-state index in [2.05, 4.69) is 0 Å². The number of β-amino-alcohol motifs (C(OH)–C–C–N with tert-alkyl or cyclic N) is 1. The predicted molar refractivity (Wildman–Crippen MR) is 53.8 cm³/mol. The van der Waals surface area contributed by atoms with E-state index in [1.165, 1.54) is 0 Å². The molecule has 4 heteroatoms. The maximum absolute atomic E-state index is 11.4.